The molecule has 0 radical (unpaired) electrons. The molecule has 0 aliphatic heterocycles. The molecule has 74 valence electrons. The van der Waals surface area contributed by atoms with E-state index >= 15 is 0 Å². The van der Waals surface area contributed by atoms with Gasteiger partial charge in [-0.3, -0.25) is 4.79 Å². The first-order valence-electron chi connectivity index (χ1n) is 4.63. The number of rotatable bonds is 2. The smallest absolute Gasteiger partial charge is 0.324 e. The van der Waals surface area contributed by atoms with Gasteiger partial charge in [0.25, 0.3) is 0 Å². The highest BCUT2D eigenvalue weighted by atomic mass is 16.4. The first kappa shape index (κ1) is 9.21. The van der Waals surface area contributed by atoms with Crippen LogP contribution in [0, 0.1) is 6.92 Å². The van der Waals surface area contributed by atoms with E-state index in [9.17, 15) is 4.79 Å². The Bertz CT molecular complexity index is 371. The SMILES string of the molecule is Cc1ccc([C@@H]2C[C@@]2(N)C(=O)O)cc1. The Morgan fingerprint density at radius 1 is 1.50 bits per heavy atom. The van der Waals surface area contributed by atoms with Crippen molar-refractivity contribution in [2.24, 2.45) is 5.73 Å². The molecule has 1 aliphatic carbocycles. The zero-order valence-corrected chi connectivity index (χ0v) is 8.03. The molecule has 0 heterocycles. The second-order valence-electron chi connectivity index (χ2n) is 4.01. The Morgan fingerprint density at radius 3 is 2.50 bits per heavy atom. The van der Waals surface area contributed by atoms with Crippen LogP contribution in [0.15, 0.2) is 24.3 Å². The molecular weight excluding hydrogens is 178 g/mol. The second kappa shape index (κ2) is 2.82. The van der Waals surface area contributed by atoms with Gasteiger partial charge in [-0.1, -0.05) is 29.8 Å². The normalized spacial score (nSPS) is 30.0. The molecule has 1 aliphatic rings. The number of hydrogen-bond donors (Lipinski definition) is 2. The van der Waals surface area contributed by atoms with Crippen molar-refractivity contribution >= 4 is 5.97 Å². The summed E-state index contributed by atoms with van der Waals surface area (Å²) in [4.78, 5) is 10.8. The summed E-state index contributed by atoms with van der Waals surface area (Å²) in [6, 6.07) is 7.88. The average molecular weight is 191 g/mol. The lowest BCUT2D eigenvalue weighted by atomic mass is 10.1. The van der Waals surface area contributed by atoms with Gasteiger partial charge in [-0.25, -0.2) is 0 Å². The summed E-state index contributed by atoms with van der Waals surface area (Å²) in [6.07, 6.45) is 0.547. The molecule has 0 unspecified atom stereocenters. The van der Waals surface area contributed by atoms with E-state index in [1.807, 2.05) is 31.2 Å². The fourth-order valence-corrected chi connectivity index (χ4v) is 1.73. The van der Waals surface area contributed by atoms with Gasteiger partial charge in [0.2, 0.25) is 0 Å². The summed E-state index contributed by atoms with van der Waals surface area (Å²) in [6.45, 7) is 2.00. The predicted molar refractivity (Wildman–Crippen MR) is 53.1 cm³/mol. The number of aliphatic carboxylic acids is 1. The van der Waals surface area contributed by atoms with Crippen molar-refractivity contribution in [1.82, 2.24) is 0 Å². The molecule has 0 saturated heterocycles. The first-order chi connectivity index (χ1) is 6.54. The van der Waals surface area contributed by atoms with Crippen LogP contribution in [0.4, 0.5) is 0 Å². The Labute approximate surface area is 82.5 Å². The van der Waals surface area contributed by atoms with Gasteiger partial charge in [0.15, 0.2) is 0 Å². The highest BCUT2D eigenvalue weighted by Crippen LogP contribution is 2.49. The molecule has 1 saturated carbocycles. The fourth-order valence-electron chi connectivity index (χ4n) is 1.73. The maximum absolute atomic E-state index is 10.8. The maximum Gasteiger partial charge on any atom is 0.324 e. The van der Waals surface area contributed by atoms with E-state index in [1.165, 1.54) is 5.56 Å². The van der Waals surface area contributed by atoms with Gasteiger partial charge in [0, 0.05) is 5.92 Å². The molecule has 0 amide bonds. The van der Waals surface area contributed by atoms with E-state index in [2.05, 4.69) is 0 Å². The van der Waals surface area contributed by atoms with Crippen LogP contribution < -0.4 is 5.73 Å². The fraction of sp³-hybridized carbons (Fsp3) is 0.364. The molecule has 0 aromatic heterocycles. The van der Waals surface area contributed by atoms with Crippen LogP contribution >= 0.6 is 0 Å². The zero-order chi connectivity index (χ0) is 10.3. The van der Waals surface area contributed by atoms with Gasteiger partial charge in [-0.2, -0.15) is 0 Å². The lowest BCUT2D eigenvalue weighted by molar-refractivity contribution is -0.139. The van der Waals surface area contributed by atoms with Gasteiger partial charge < -0.3 is 10.8 Å². The third-order valence-corrected chi connectivity index (χ3v) is 2.88. The molecule has 3 nitrogen and oxygen atoms in total. The summed E-state index contributed by atoms with van der Waals surface area (Å²) in [5.41, 5.74) is 6.89. The number of benzene rings is 1. The van der Waals surface area contributed by atoms with E-state index in [0.717, 1.165) is 5.56 Å². The molecule has 0 bridgehead atoms. The van der Waals surface area contributed by atoms with Crippen LogP contribution in [-0.4, -0.2) is 16.6 Å². The van der Waals surface area contributed by atoms with E-state index < -0.39 is 11.5 Å². The maximum atomic E-state index is 10.8. The Kier molecular flexibility index (Phi) is 1.86. The summed E-state index contributed by atoms with van der Waals surface area (Å²) in [5.74, 6) is -0.913. The van der Waals surface area contributed by atoms with Gasteiger partial charge in [-0.15, -0.1) is 0 Å². The standard InChI is InChI=1S/C11H13NO2/c1-7-2-4-8(5-3-7)9-6-11(9,12)10(13)14/h2-5,9H,6,12H2,1H3,(H,13,14)/t9-,11-/m0/s1. The highest BCUT2D eigenvalue weighted by Gasteiger charge is 2.58. The van der Waals surface area contributed by atoms with Crippen molar-refractivity contribution in [3.05, 3.63) is 35.4 Å². The third kappa shape index (κ3) is 1.30. The Balaban J connectivity index is 2.21. The molecule has 1 aromatic carbocycles. The molecule has 1 fully saturated rings. The first-order valence-corrected chi connectivity index (χ1v) is 4.63. The van der Waals surface area contributed by atoms with Gasteiger partial charge in [-0.05, 0) is 18.9 Å². The summed E-state index contributed by atoms with van der Waals surface area (Å²) < 4.78 is 0. The quantitative estimate of drug-likeness (QED) is 0.739. The van der Waals surface area contributed by atoms with Crippen molar-refractivity contribution in [2.45, 2.75) is 24.8 Å². The van der Waals surface area contributed by atoms with Crippen molar-refractivity contribution in [1.29, 1.82) is 0 Å². The van der Waals surface area contributed by atoms with Crippen LogP contribution in [0.25, 0.3) is 0 Å². The lowest BCUT2D eigenvalue weighted by Gasteiger charge is -2.05. The van der Waals surface area contributed by atoms with Crippen LogP contribution in [0.5, 0.6) is 0 Å². The summed E-state index contributed by atoms with van der Waals surface area (Å²) in [5, 5.41) is 8.87. The van der Waals surface area contributed by atoms with E-state index in [-0.39, 0.29) is 5.92 Å². The Hall–Kier alpha value is -1.35. The highest BCUT2D eigenvalue weighted by molar-refractivity contribution is 5.84. The number of carbonyl (C=O) groups is 1. The topological polar surface area (TPSA) is 63.3 Å². The minimum Gasteiger partial charge on any atom is -0.480 e. The predicted octanol–water partition coefficient (Wildman–Crippen LogP) is 1.26. The molecule has 3 N–H and O–H groups in total. The van der Waals surface area contributed by atoms with E-state index in [0.29, 0.717) is 6.42 Å². The van der Waals surface area contributed by atoms with Crippen LogP contribution in [0.1, 0.15) is 23.5 Å². The number of aryl methyl sites for hydroxylation is 1. The molecule has 14 heavy (non-hydrogen) atoms. The largest absolute Gasteiger partial charge is 0.480 e. The molecule has 3 heteroatoms. The zero-order valence-electron chi connectivity index (χ0n) is 8.03. The van der Waals surface area contributed by atoms with Crippen molar-refractivity contribution in [3.8, 4) is 0 Å². The summed E-state index contributed by atoms with van der Waals surface area (Å²) in [7, 11) is 0. The second-order valence-corrected chi connectivity index (χ2v) is 4.01. The monoisotopic (exact) mass is 191 g/mol. The number of nitrogens with two attached hydrogens (primary N) is 1. The molecular formula is C11H13NO2. The van der Waals surface area contributed by atoms with E-state index in [1.54, 1.807) is 0 Å². The lowest BCUT2D eigenvalue weighted by Crippen LogP contribution is -2.34. The van der Waals surface area contributed by atoms with Gasteiger partial charge >= 0.3 is 5.97 Å². The number of hydrogen-bond acceptors (Lipinski definition) is 2. The summed E-state index contributed by atoms with van der Waals surface area (Å²) >= 11 is 0. The average Bonchev–Trinajstić information content (AvgIpc) is 2.81. The van der Waals surface area contributed by atoms with Gasteiger partial charge in [0.1, 0.15) is 5.54 Å². The molecule has 0 spiro atoms. The van der Waals surface area contributed by atoms with Gasteiger partial charge in [0.05, 0.1) is 0 Å². The van der Waals surface area contributed by atoms with Crippen LogP contribution in [0.3, 0.4) is 0 Å². The van der Waals surface area contributed by atoms with E-state index in [4.69, 9.17) is 10.8 Å². The number of carboxylic acids is 1. The van der Waals surface area contributed by atoms with Crippen molar-refractivity contribution in [3.63, 3.8) is 0 Å². The third-order valence-electron chi connectivity index (χ3n) is 2.88. The van der Waals surface area contributed by atoms with Crippen LogP contribution in [-0.2, 0) is 4.79 Å². The minimum atomic E-state index is -1.02. The Morgan fingerprint density at radius 2 is 2.07 bits per heavy atom. The minimum absolute atomic E-state index is 0.0133. The van der Waals surface area contributed by atoms with Crippen molar-refractivity contribution < 1.29 is 9.90 Å². The molecule has 2 rings (SSSR count). The van der Waals surface area contributed by atoms with Crippen molar-refractivity contribution in [2.75, 3.05) is 0 Å². The molecule has 1 aromatic rings. The molecule has 2 atom stereocenters. The number of carboxylic acid groups (broad SMARTS) is 1. The van der Waals surface area contributed by atoms with Crippen LogP contribution in [0.2, 0.25) is 0 Å².